The lowest BCUT2D eigenvalue weighted by Crippen LogP contribution is -2.55. The molecule has 2 heterocycles. The van der Waals surface area contributed by atoms with Crippen LogP contribution in [0.15, 0.2) is 10.5 Å². The van der Waals surface area contributed by atoms with E-state index >= 15 is 0 Å². The van der Waals surface area contributed by atoms with Gasteiger partial charge in [0.25, 0.3) is 0 Å². The van der Waals surface area contributed by atoms with Crippen LogP contribution in [0.4, 0.5) is 0 Å². The fourth-order valence-electron chi connectivity index (χ4n) is 3.29. The van der Waals surface area contributed by atoms with Crippen LogP contribution < -0.4 is 5.32 Å². The van der Waals surface area contributed by atoms with E-state index < -0.39 is 60.0 Å². The van der Waals surface area contributed by atoms with Gasteiger partial charge in [0.1, 0.15) is 59.1 Å². The van der Waals surface area contributed by atoms with E-state index in [0.717, 1.165) is 11.8 Å². The third-order valence-corrected chi connectivity index (χ3v) is 6.53. The number of nitrogens with one attached hydrogen (secondary N) is 1. The van der Waals surface area contributed by atoms with Crippen LogP contribution >= 0.6 is 11.8 Å². The standard InChI is InChI=1S/C21H33NO11S/c1-4-31-20(30)11-7-13(32-9(11)2)17(27)16(26)12(23)8-22-14(24)5-6-34-21-19(29)18(28)15(25)10(3)33-21/h7,10,12,15-19,21,23,25-29H,4-6,8H2,1-3H3,(H,22,24)/t10?,12?,15-,16?,17?,18?,19?,21+/m1/s1. The average Bonchev–Trinajstić information content (AvgIpc) is 3.20. The van der Waals surface area contributed by atoms with Crippen LogP contribution in [0.1, 0.15) is 48.3 Å². The minimum absolute atomic E-state index is 0.0179. The Morgan fingerprint density at radius 2 is 1.85 bits per heavy atom. The molecule has 12 nitrogen and oxygen atoms in total. The Balaban J connectivity index is 1.78. The number of carbonyl (C=O) groups is 2. The molecule has 1 aromatic rings. The molecule has 1 aliphatic rings. The van der Waals surface area contributed by atoms with Crippen LogP contribution in [0, 0.1) is 6.92 Å². The Hall–Kier alpha value is -1.71. The van der Waals surface area contributed by atoms with E-state index in [2.05, 4.69) is 5.32 Å². The fraction of sp³-hybridized carbons (Fsp3) is 0.714. The largest absolute Gasteiger partial charge is 0.463 e. The summed E-state index contributed by atoms with van der Waals surface area (Å²) in [4.78, 5) is 23.9. The number of aryl methyl sites for hydroxylation is 1. The molecule has 2 rings (SSSR count). The van der Waals surface area contributed by atoms with Crippen molar-refractivity contribution >= 4 is 23.6 Å². The molecule has 34 heavy (non-hydrogen) atoms. The molecule has 0 radical (unpaired) electrons. The first-order valence-corrected chi connectivity index (χ1v) is 11.9. The van der Waals surface area contributed by atoms with Gasteiger partial charge in [0.2, 0.25) is 5.91 Å². The van der Waals surface area contributed by atoms with Crippen molar-refractivity contribution in [2.75, 3.05) is 18.9 Å². The number of aliphatic hydroxyl groups excluding tert-OH is 6. The summed E-state index contributed by atoms with van der Waals surface area (Å²) in [6.45, 7) is 4.47. The smallest absolute Gasteiger partial charge is 0.341 e. The second-order valence-corrected chi connectivity index (χ2v) is 9.15. The quantitative estimate of drug-likeness (QED) is 0.173. The molecule has 1 amide bonds. The molecular formula is C21H33NO11S. The van der Waals surface area contributed by atoms with Gasteiger partial charge in [-0.05, 0) is 26.8 Å². The highest BCUT2D eigenvalue weighted by molar-refractivity contribution is 7.99. The van der Waals surface area contributed by atoms with Gasteiger partial charge in [0, 0.05) is 18.7 Å². The number of furan rings is 1. The molecule has 8 atom stereocenters. The highest BCUT2D eigenvalue weighted by Crippen LogP contribution is 2.29. The number of aliphatic hydroxyl groups is 6. The van der Waals surface area contributed by atoms with Crippen LogP contribution in [0.25, 0.3) is 0 Å². The molecule has 0 spiro atoms. The summed E-state index contributed by atoms with van der Waals surface area (Å²) in [5.74, 6) is -0.850. The third-order valence-electron chi connectivity index (χ3n) is 5.37. The molecule has 1 fully saturated rings. The molecule has 1 aliphatic heterocycles. The fourth-order valence-corrected chi connectivity index (χ4v) is 4.44. The Kier molecular flexibility index (Phi) is 10.8. The van der Waals surface area contributed by atoms with Crippen LogP contribution in [0.3, 0.4) is 0 Å². The van der Waals surface area contributed by atoms with E-state index in [1.165, 1.54) is 13.0 Å². The van der Waals surface area contributed by atoms with Crippen LogP contribution in [-0.2, 0) is 14.3 Å². The summed E-state index contributed by atoms with van der Waals surface area (Å²) >= 11 is 1.09. The maximum atomic E-state index is 12.1. The Morgan fingerprint density at radius 1 is 1.18 bits per heavy atom. The van der Waals surface area contributed by atoms with Crippen LogP contribution in [-0.4, -0.2) is 103 Å². The molecule has 0 aromatic carbocycles. The first-order valence-electron chi connectivity index (χ1n) is 10.9. The highest BCUT2D eigenvalue weighted by atomic mass is 32.2. The van der Waals surface area contributed by atoms with Gasteiger partial charge in [0.15, 0.2) is 0 Å². The monoisotopic (exact) mass is 507 g/mol. The van der Waals surface area contributed by atoms with Crippen molar-refractivity contribution < 1.29 is 54.1 Å². The molecular weight excluding hydrogens is 474 g/mol. The van der Waals surface area contributed by atoms with E-state index in [1.807, 2.05) is 0 Å². The van der Waals surface area contributed by atoms with E-state index in [0.29, 0.717) is 0 Å². The molecule has 6 unspecified atom stereocenters. The lowest BCUT2D eigenvalue weighted by atomic mass is 10.0. The van der Waals surface area contributed by atoms with E-state index in [1.54, 1.807) is 13.8 Å². The number of thioether (sulfide) groups is 1. The number of rotatable bonds is 11. The van der Waals surface area contributed by atoms with Crippen molar-refractivity contribution in [3.05, 3.63) is 23.2 Å². The molecule has 0 aliphatic carbocycles. The first kappa shape index (κ1) is 28.5. The van der Waals surface area contributed by atoms with Crippen molar-refractivity contribution in [2.45, 2.75) is 75.4 Å². The molecule has 1 saturated heterocycles. The lowest BCUT2D eigenvalue weighted by Gasteiger charge is -2.38. The van der Waals surface area contributed by atoms with Crippen molar-refractivity contribution in [2.24, 2.45) is 0 Å². The topological polar surface area (TPSA) is 199 Å². The highest BCUT2D eigenvalue weighted by Gasteiger charge is 2.41. The number of esters is 1. The van der Waals surface area contributed by atoms with Crippen molar-refractivity contribution in [3.63, 3.8) is 0 Å². The zero-order chi connectivity index (χ0) is 25.6. The van der Waals surface area contributed by atoms with Gasteiger partial charge in [0.05, 0.1) is 12.7 Å². The predicted molar refractivity (Wildman–Crippen MR) is 119 cm³/mol. The number of amides is 1. The summed E-state index contributed by atoms with van der Waals surface area (Å²) < 4.78 is 15.6. The summed E-state index contributed by atoms with van der Waals surface area (Å²) in [5, 5.41) is 62.6. The Bertz CT molecular complexity index is 819. The molecule has 0 saturated carbocycles. The molecule has 1 aromatic heterocycles. The van der Waals surface area contributed by atoms with E-state index in [9.17, 15) is 40.2 Å². The summed E-state index contributed by atoms with van der Waals surface area (Å²) in [6.07, 6.45) is -9.48. The third kappa shape index (κ3) is 7.15. The summed E-state index contributed by atoms with van der Waals surface area (Å²) in [6, 6.07) is 1.22. The summed E-state index contributed by atoms with van der Waals surface area (Å²) in [5.41, 5.74) is -0.730. The second kappa shape index (κ2) is 12.8. The van der Waals surface area contributed by atoms with Gasteiger partial charge in [-0.25, -0.2) is 4.79 Å². The SMILES string of the molecule is CCOC(=O)c1cc(C(O)C(O)C(O)CNC(=O)CCS[C@@H]2OC(C)[C@@H](O)C(O)C2O)oc1C. The predicted octanol–water partition coefficient (Wildman–Crippen LogP) is -1.41. The number of ether oxygens (including phenoxy) is 2. The molecule has 13 heteroatoms. The van der Waals surface area contributed by atoms with Gasteiger partial charge >= 0.3 is 5.97 Å². The number of hydrogen-bond donors (Lipinski definition) is 7. The Labute approximate surface area is 200 Å². The van der Waals surface area contributed by atoms with E-state index in [4.69, 9.17) is 13.9 Å². The molecule has 7 N–H and O–H groups in total. The molecule has 194 valence electrons. The van der Waals surface area contributed by atoms with Gasteiger partial charge in [-0.2, -0.15) is 0 Å². The maximum absolute atomic E-state index is 12.1. The van der Waals surface area contributed by atoms with Gasteiger partial charge in [-0.3, -0.25) is 4.79 Å². The maximum Gasteiger partial charge on any atom is 0.341 e. The number of hydrogen-bond acceptors (Lipinski definition) is 12. The second-order valence-electron chi connectivity index (χ2n) is 7.95. The Morgan fingerprint density at radius 3 is 2.50 bits per heavy atom. The zero-order valence-electron chi connectivity index (χ0n) is 19.2. The number of carbonyl (C=O) groups excluding carboxylic acids is 2. The zero-order valence-corrected chi connectivity index (χ0v) is 20.0. The first-order chi connectivity index (χ1) is 16.0. The minimum atomic E-state index is -1.71. The normalized spacial score (nSPS) is 27.6. The van der Waals surface area contributed by atoms with Crippen molar-refractivity contribution in [1.29, 1.82) is 0 Å². The lowest BCUT2D eigenvalue weighted by molar-refractivity contribution is -0.192. The van der Waals surface area contributed by atoms with Crippen LogP contribution in [0.2, 0.25) is 0 Å². The minimum Gasteiger partial charge on any atom is -0.463 e. The average molecular weight is 508 g/mol. The van der Waals surface area contributed by atoms with Crippen molar-refractivity contribution in [3.8, 4) is 0 Å². The van der Waals surface area contributed by atoms with Crippen molar-refractivity contribution in [1.82, 2.24) is 5.32 Å². The molecule has 0 bridgehead atoms. The van der Waals surface area contributed by atoms with Gasteiger partial charge < -0.3 is 49.8 Å². The van der Waals surface area contributed by atoms with E-state index in [-0.39, 0.29) is 42.4 Å². The van der Waals surface area contributed by atoms with Crippen LogP contribution in [0.5, 0.6) is 0 Å². The van der Waals surface area contributed by atoms with Gasteiger partial charge in [-0.1, -0.05) is 0 Å². The summed E-state index contributed by atoms with van der Waals surface area (Å²) in [7, 11) is 0. The van der Waals surface area contributed by atoms with Gasteiger partial charge in [-0.15, -0.1) is 11.8 Å².